The van der Waals surface area contributed by atoms with E-state index in [-0.39, 0.29) is 0 Å². The first-order valence-electron chi connectivity index (χ1n) is 11.0. The summed E-state index contributed by atoms with van der Waals surface area (Å²) in [5, 5.41) is 19.7. The largest absolute Gasteiger partial charge is 0.192 e. The van der Waals surface area contributed by atoms with Crippen molar-refractivity contribution < 1.29 is 0 Å². The summed E-state index contributed by atoms with van der Waals surface area (Å²) in [7, 11) is 0. The zero-order valence-corrected chi connectivity index (χ0v) is 18.6. The van der Waals surface area contributed by atoms with Crippen LogP contribution in [0.25, 0.3) is 35.5 Å². The molecule has 0 aliphatic heterocycles. The van der Waals surface area contributed by atoms with Crippen molar-refractivity contribution in [2.45, 2.75) is 0 Å². The van der Waals surface area contributed by atoms with E-state index in [1.807, 2.05) is 133 Å². The lowest BCUT2D eigenvalue weighted by molar-refractivity contribution is 1.49. The van der Waals surface area contributed by atoms with Gasteiger partial charge in [0.05, 0.1) is 11.1 Å². The van der Waals surface area contributed by atoms with Gasteiger partial charge >= 0.3 is 0 Å². The summed E-state index contributed by atoms with van der Waals surface area (Å²) in [4.78, 5) is 0. The summed E-state index contributed by atoms with van der Waals surface area (Å²) in [6.45, 7) is 0. The minimum Gasteiger partial charge on any atom is -0.192 e. The number of allylic oxidation sites excluding steroid dienone is 2. The van der Waals surface area contributed by atoms with Crippen molar-refractivity contribution >= 4 is 35.5 Å². The van der Waals surface area contributed by atoms with Gasteiger partial charge in [-0.05, 0) is 33.4 Å². The fourth-order valence-corrected chi connectivity index (χ4v) is 3.56. The SMILES string of the molecule is N#C/C(=C(/C#N)c1ccc(/C=C/c2ccccc2)cc1)c1ccc(/C=C/c2ccccc2)cc1. The molecule has 0 amide bonds. The third kappa shape index (κ3) is 5.65. The molecule has 0 atom stereocenters. The number of hydrogen-bond acceptors (Lipinski definition) is 2. The van der Waals surface area contributed by atoms with Crippen LogP contribution >= 0.6 is 0 Å². The van der Waals surface area contributed by atoms with Crippen molar-refractivity contribution in [3.05, 3.63) is 143 Å². The molecule has 4 aromatic rings. The van der Waals surface area contributed by atoms with Crippen LogP contribution in [0.5, 0.6) is 0 Å². The zero-order valence-electron chi connectivity index (χ0n) is 18.6. The summed E-state index contributed by atoms with van der Waals surface area (Å²) in [6.07, 6.45) is 8.15. The second kappa shape index (κ2) is 11.1. The van der Waals surface area contributed by atoms with Gasteiger partial charge in [-0.2, -0.15) is 10.5 Å². The maximum absolute atomic E-state index is 9.84. The van der Waals surface area contributed by atoms with Gasteiger partial charge < -0.3 is 0 Å². The van der Waals surface area contributed by atoms with Crippen molar-refractivity contribution in [1.82, 2.24) is 0 Å². The molecule has 0 N–H and O–H groups in total. The molecule has 4 aromatic carbocycles. The number of nitrogens with zero attached hydrogens (tertiary/aromatic N) is 2. The molecule has 34 heavy (non-hydrogen) atoms. The summed E-state index contributed by atoms with van der Waals surface area (Å²) in [5.74, 6) is 0. The molecular formula is C32H22N2. The summed E-state index contributed by atoms with van der Waals surface area (Å²) >= 11 is 0. The van der Waals surface area contributed by atoms with E-state index in [0.717, 1.165) is 33.4 Å². The van der Waals surface area contributed by atoms with Gasteiger partial charge in [-0.3, -0.25) is 0 Å². The van der Waals surface area contributed by atoms with Gasteiger partial charge in [-0.1, -0.05) is 133 Å². The second-order valence-electron chi connectivity index (χ2n) is 7.71. The Hall–Kier alpha value is -4.92. The van der Waals surface area contributed by atoms with E-state index in [4.69, 9.17) is 0 Å². The van der Waals surface area contributed by atoms with Gasteiger partial charge in [-0.15, -0.1) is 0 Å². The molecule has 0 unspecified atom stereocenters. The maximum Gasteiger partial charge on any atom is 0.101 e. The van der Waals surface area contributed by atoms with Crippen molar-refractivity contribution in [1.29, 1.82) is 10.5 Å². The number of hydrogen-bond donors (Lipinski definition) is 0. The van der Waals surface area contributed by atoms with Crippen molar-refractivity contribution in [2.75, 3.05) is 0 Å². The van der Waals surface area contributed by atoms with Crippen molar-refractivity contribution in [3.8, 4) is 12.1 Å². The highest BCUT2D eigenvalue weighted by Crippen LogP contribution is 2.27. The first kappa shape index (κ1) is 22.3. The second-order valence-corrected chi connectivity index (χ2v) is 7.71. The number of nitriles is 2. The number of benzene rings is 4. The quantitative estimate of drug-likeness (QED) is 0.228. The van der Waals surface area contributed by atoms with Crippen LogP contribution in [0.4, 0.5) is 0 Å². The topological polar surface area (TPSA) is 47.6 Å². The minimum absolute atomic E-state index is 0.369. The Kier molecular flexibility index (Phi) is 7.27. The molecule has 0 saturated heterocycles. The van der Waals surface area contributed by atoms with Crippen LogP contribution in [0.15, 0.2) is 109 Å². The Morgan fingerprint density at radius 2 is 0.706 bits per heavy atom. The Balaban J connectivity index is 1.56. The average Bonchev–Trinajstić information content (AvgIpc) is 2.91. The van der Waals surface area contributed by atoms with Gasteiger partial charge in [-0.25, -0.2) is 0 Å². The lowest BCUT2D eigenvalue weighted by Crippen LogP contribution is -1.90. The first-order valence-corrected chi connectivity index (χ1v) is 11.0. The van der Waals surface area contributed by atoms with Crippen LogP contribution in [0.1, 0.15) is 33.4 Å². The van der Waals surface area contributed by atoms with Gasteiger partial charge in [0.25, 0.3) is 0 Å². The zero-order chi connectivity index (χ0) is 23.6. The molecular weight excluding hydrogens is 412 g/mol. The van der Waals surface area contributed by atoms with E-state index in [1.54, 1.807) is 0 Å². The molecule has 160 valence electrons. The van der Waals surface area contributed by atoms with E-state index in [9.17, 15) is 10.5 Å². The van der Waals surface area contributed by atoms with Crippen LogP contribution in [0, 0.1) is 22.7 Å². The van der Waals surface area contributed by atoms with Crippen LogP contribution < -0.4 is 0 Å². The normalized spacial score (nSPS) is 11.7. The van der Waals surface area contributed by atoms with Crippen LogP contribution in [0.3, 0.4) is 0 Å². The first-order chi connectivity index (χ1) is 16.8. The standard InChI is InChI=1S/C32H22N2/c33-23-31(29-19-15-27(16-20-29)13-11-25-7-3-1-4-8-25)32(24-34)30-21-17-28(18-22-30)14-12-26-9-5-2-6-10-26/h1-22H/b13-11+,14-12+,32-31+. The molecule has 0 bridgehead atoms. The van der Waals surface area contributed by atoms with Gasteiger partial charge in [0, 0.05) is 0 Å². The summed E-state index contributed by atoms with van der Waals surface area (Å²) in [6, 6.07) is 40.0. The lowest BCUT2D eigenvalue weighted by Gasteiger charge is -2.06. The van der Waals surface area contributed by atoms with E-state index in [2.05, 4.69) is 12.1 Å². The van der Waals surface area contributed by atoms with Crippen LogP contribution in [0.2, 0.25) is 0 Å². The maximum atomic E-state index is 9.84. The molecule has 0 aromatic heterocycles. The third-order valence-electron chi connectivity index (χ3n) is 5.41. The number of rotatable bonds is 6. The molecule has 0 heterocycles. The van der Waals surface area contributed by atoms with E-state index in [1.165, 1.54) is 0 Å². The molecule has 2 heteroatoms. The van der Waals surface area contributed by atoms with Crippen molar-refractivity contribution in [2.24, 2.45) is 0 Å². The highest BCUT2D eigenvalue weighted by Gasteiger charge is 2.11. The molecule has 2 nitrogen and oxygen atoms in total. The molecule has 0 aliphatic rings. The molecule has 0 fully saturated rings. The highest BCUT2D eigenvalue weighted by molar-refractivity contribution is 6.02. The Labute approximate surface area is 200 Å². The predicted octanol–water partition coefficient (Wildman–Crippen LogP) is 7.99. The Morgan fingerprint density at radius 1 is 0.412 bits per heavy atom. The van der Waals surface area contributed by atoms with Gasteiger partial charge in [0.1, 0.15) is 12.1 Å². The van der Waals surface area contributed by atoms with Gasteiger partial charge in [0.2, 0.25) is 0 Å². The van der Waals surface area contributed by atoms with Gasteiger partial charge in [0.15, 0.2) is 0 Å². The molecule has 0 spiro atoms. The van der Waals surface area contributed by atoms with Crippen LogP contribution in [-0.2, 0) is 0 Å². The summed E-state index contributed by atoms with van der Waals surface area (Å²) in [5.41, 5.74) is 6.49. The Bertz CT molecular complexity index is 1300. The third-order valence-corrected chi connectivity index (χ3v) is 5.41. The average molecular weight is 435 g/mol. The molecule has 0 aliphatic carbocycles. The molecule has 0 radical (unpaired) electrons. The van der Waals surface area contributed by atoms with Crippen LogP contribution in [-0.4, -0.2) is 0 Å². The minimum atomic E-state index is 0.369. The molecule has 4 rings (SSSR count). The Morgan fingerprint density at radius 3 is 1.00 bits per heavy atom. The fourth-order valence-electron chi connectivity index (χ4n) is 3.56. The predicted molar refractivity (Wildman–Crippen MR) is 142 cm³/mol. The van der Waals surface area contributed by atoms with E-state index >= 15 is 0 Å². The molecule has 0 saturated carbocycles. The highest BCUT2D eigenvalue weighted by atomic mass is 14.3. The fraction of sp³-hybridized carbons (Fsp3) is 0. The smallest absolute Gasteiger partial charge is 0.101 e. The van der Waals surface area contributed by atoms with E-state index in [0.29, 0.717) is 11.1 Å². The summed E-state index contributed by atoms with van der Waals surface area (Å²) < 4.78 is 0. The monoisotopic (exact) mass is 434 g/mol. The van der Waals surface area contributed by atoms with E-state index < -0.39 is 0 Å². The lowest BCUT2D eigenvalue weighted by atomic mass is 9.95. The van der Waals surface area contributed by atoms with Crippen molar-refractivity contribution in [3.63, 3.8) is 0 Å².